The first-order chi connectivity index (χ1) is 14.7. The van der Waals surface area contributed by atoms with Gasteiger partial charge in [-0.1, -0.05) is 48.2 Å². The Bertz CT molecular complexity index is 964. The van der Waals surface area contributed by atoms with Crippen LogP contribution in [0.1, 0.15) is 32.6 Å². The number of carbonyl (C=O) groups is 1. The van der Waals surface area contributed by atoms with Crippen molar-refractivity contribution in [1.29, 1.82) is 0 Å². The normalized spacial score (nSPS) is 14.0. The number of carbonyl (C=O) groups excluding carboxylic acids is 1. The smallest absolute Gasteiger partial charge is 0.307 e. The summed E-state index contributed by atoms with van der Waals surface area (Å²) in [5, 5.41) is 8.89. The van der Waals surface area contributed by atoms with Crippen LogP contribution in [0.4, 0.5) is 5.69 Å². The van der Waals surface area contributed by atoms with Crippen molar-refractivity contribution >= 4 is 23.4 Å². The molecule has 2 aromatic carbocycles. The van der Waals surface area contributed by atoms with E-state index in [-0.39, 0.29) is 12.7 Å². The molecule has 0 bridgehead atoms. The molecule has 0 aliphatic carbocycles. The number of aromatic nitrogens is 3. The third kappa shape index (κ3) is 5.21. The van der Waals surface area contributed by atoms with Crippen LogP contribution in [0.15, 0.2) is 64.6 Å². The fourth-order valence-corrected chi connectivity index (χ4v) is 4.25. The third-order valence-electron chi connectivity index (χ3n) is 5.16. The van der Waals surface area contributed by atoms with Crippen molar-refractivity contribution in [2.24, 2.45) is 0 Å². The van der Waals surface area contributed by atoms with Crippen LogP contribution >= 0.6 is 11.8 Å². The zero-order valence-corrected chi connectivity index (χ0v) is 18.0. The molecule has 1 aromatic heterocycles. The van der Waals surface area contributed by atoms with Crippen molar-refractivity contribution in [3.8, 4) is 11.1 Å². The molecule has 6 nitrogen and oxygen atoms in total. The predicted octanol–water partition coefficient (Wildman–Crippen LogP) is 5.00. The van der Waals surface area contributed by atoms with E-state index in [4.69, 9.17) is 4.74 Å². The Labute approximate surface area is 181 Å². The van der Waals surface area contributed by atoms with Crippen LogP contribution < -0.4 is 4.90 Å². The lowest BCUT2D eigenvalue weighted by atomic mass is 10.0. The molecule has 1 aliphatic rings. The van der Waals surface area contributed by atoms with Gasteiger partial charge in [0, 0.05) is 30.1 Å². The summed E-state index contributed by atoms with van der Waals surface area (Å²) in [4.78, 5) is 14.8. The van der Waals surface area contributed by atoms with Crippen LogP contribution in [0.25, 0.3) is 11.1 Å². The monoisotopic (exact) mass is 422 g/mol. The van der Waals surface area contributed by atoms with E-state index in [1.54, 1.807) is 13.1 Å². The minimum Gasteiger partial charge on any atom is -0.442 e. The molecule has 0 amide bonds. The number of esters is 1. The van der Waals surface area contributed by atoms with E-state index in [0.717, 1.165) is 23.0 Å². The molecule has 156 valence electrons. The van der Waals surface area contributed by atoms with Gasteiger partial charge < -0.3 is 9.64 Å². The van der Waals surface area contributed by atoms with E-state index in [9.17, 15) is 4.79 Å². The van der Waals surface area contributed by atoms with Gasteiger partial charge in [0.25, 0.3) is 0 Å². The first kappa shape index (κ1) is 20.5. The number of nitrogens with zero attached hydrogens (tertiary/aromatic N) is 4. The average molecular weight is 423 g/mol. The lowest BCUT2D eigenvalue weighted by molar-refractivity contribution is -0.147. The van der Waals surface area contributed by atoms with Gasteiger partial charge in [-0.05, 0) is 54.7 Å². The fraction of sp³-hybridized carbons (Fsp3) is 0.348. The Hall–Kier alpha value is -2.80. The molecule has 0 unspecified atom stereocenters. The van der Waals surface area contributed by atoms with Crippen molar-refractivity contribution in [3.05, 3.63) is 54.7 Å². The highest BCUT2D eigenvalue weighted by Crippen LogP contribution is 2.29. The molecule has 4 rings (SSSR count). The zero-order valence-electron chi connectivity index (χ0n) is 17.2. The van der Waals surface area contributed by atoms with Gasteiger partial charge in [-0.15, -0.1) is 5.10 Å². The van der Waals surface area contributed by atoms with Crippen LogP contribution in [-0.2, 0) is 16.3 Å². The summed E-state index contributed by atoms with van der Waals surface area (Å²) in [6.07, 6.45) is 6.06. The molecule has 0 spiro atoms. The topological polar surface area (TPSA) is 60.2 Å². The Morgan fingerprint density at radius 1 is 1.00 bits per heavy atom. The lowest BCUT2D eigenvalue weighted by Crippen LogP contribution is -2.29. The molecule has 30 heavy (non-hydrogen) atoms. The predicted molar refractivity (Wildman–Crippen MR) is 118 cm³/mol. The highest BCUT2D eigenvalue weighted by Gasteiger charge is 2.11. The first-order valence-corrected chi connectivity index (χ1v) is 11.2. The molecule has 1 fully saturated rings. The summed E-state index contributed by atoms with van der Waals surface area (Å²) in [6, 6.07) is 17.3. The maximum Gasteiger partial charge on any atom is 0.307 e. The quantitative estimate of drug-likeness (QED) is 0.500. The maximum absolute atomic E-state index is 11.2. The largest absolute Gasteiger partial charge is 0.442 e. The van der Waals surface area contributed by atoms with Crippen LogP contribution in [0.2, 0.25) is 0 Å². The van der Waals surface area contributed by atoms with E-state index >= 15 is 0 Å². The SMILES string of the molecule is CCC(=O)OCn1cc(Sc2ccc(-c3ccc(N4CCCCC4)cc3)cc2)nn1. The number of benzene rings is 2. The Morgan fingerprint density at radius 2 is 1.67 bits per heavy atom. The summed E-state index contributed by atoms with van der Waals surface area (Å²) in [5.41, 5.74) is 3.73. The summed E-state index contributed by atoms with van der Waals surface area (Å²) < 4.78 is 6.58. The van der Waals surface area contributed by atoms with Crippen molar-refractivity contribution < 1.29 is 9.53 Å². The maximum atomic E-state index is 11.2. The van der Waals surface area contributed by atoms with E-state index < -0.39 is 0 Å². The molecule has 1 saturated heterocycles. The molecule has 3 aromatic rings. The molecular formula is C23H26N4O2S. The third-order valence-corrected chi connectivity index (χ3v) is 6.07. The molecule has 0 saturated carbocycles. The van der Waals surface area contributed by atoms with E-state index in [1.165, 1.54) is 52.5 Å². The minimum atomic E-state index is -0.251. The number of hydrogen-bond donors (Lipinski definition) is 0. The lowest BCUT2D eigenvalue weighted by Gasteiger charge is -2.28. The second-order valence-corrected chi connectivity index (χ2v) is 8.41. The molecule has 7 heteroatoms. The standard InChI is InChI=1S/C23H26N4O2S/c1-2-23(28)29-17-27-16-22(24-25-27)30-21-12-8-19(9-13-21)18-6-10-20(11-7-18)26-14-4-3-5-15-26/h6-13,16H,2-5,14-15,17H2,1H3. The van der Waals surface area contributed by atoms with E-state index in [0.29, 0.717) is 6.42 Å². The Balaban J connectivity index is 1.36. The highest BCUT2D eigenvalue weighted by atomic mass is 32.2. The minimum absolute atomic E-state index is 0.0899. The van der Waals surface area contributed by atoms with Crippen LogP contribution in [0, 0.1) is 0 Å². The van der Waals surface area contributed by atoms with Crippen LogP contribution in [0.3, 0.4) is 0 Å². The van der Waals surface area contributed by atoms with Crippen molar-refractivity contribution in [3.63, 3.8) is 0 Å². The Morgan fingerprint density at radius 3 is 2.33 bits per heavy atom. The van der Waals surface area contributed by atoms with Crippen LogP contribution in [0.5, 0.6) is 0 Å². The van der Waals surface area contributed by atoms with Crippen molar-refractivity contribution in [2.45, 2.75) is 49.3 Å². The summed E-state index contributed by atoms with van der Waals surface area (Å²) >= 11 is 1.53. The van der Waals surface area contributed by atoms with Gasteiger partial charge in [-0.25, -0.2) is 4.68 Å². The zero-order chi connectivity index (χ0) is 20.8. The van der Waals surface area contributed by atoms with Gasteiger partial charge in [0.15, 0.2) is 6.73 Å². The van der Waals surface area contributed by atoms with Gasteiger partial charge in [-0.2, -0.15) is 0 Å². The Kier molecular flexibility index (Phi) is 6.69. The molecule has 1 aliphatic heterocycles. The molecule has 0 radical (unpaired) electrons. The number of anilines is 1. The highest BCUT2D eigenvalue weighted by molar-refractivity contribution is 7.99. The molecule has 0 atom stereocenters. The molecule has 2 heterocycles. The number of hydrogen-bond acceptors (Lipinski definition) is 6. The first-order valence-electron chi connectivity index (χ1n) is 10.4. The van der Waals surface area contributed by atoms with Gasteiger partial charge in [0.2, 0.25) is 0 Å². The van der Waals surface area contributed by atoms with Gasteiger partial charge in [0.1, 0.15) is 5.03 Å². The van der Waals surface area contributed by atoms with E-state index in [1.807, 2.05) is 0 Å². The number of ether oxygens (including phenoxy) is 1. The fourth-order valence-electron chi connectivity index (χ4n) is 3.48. The van der Waals surface area contributed by atoms with Gasteiger partial charge in [-0.3, -0.25) is 4.79 Å². The summed E-state index contributed by atoms with van der Waals surface area (Å²) in [5.74, 6) is -0.251. The van der Waals surface area contributed by atoms with Crippen molar-refractivity contribution in [1.82, 2.24) is 15.0 Å². The second kappa shape index (κ2) is 9.80. The summed E-state index contributed by atoms with van der Waals surface area (Å²) in [7, 11) is 0. The molecular weight excluding hydrogens is 396 g/mol. The molecule has 0 N–H and O–H groups in total. The van der Waals surface area contributed by atoms with Crippen molar-refractivity contribution in [2.75, 3.05) is 18.0 Å². The summed E-state index contributed by atoms with van der Waals surface area (Å²) in [6.45, 7) is 4.18. The van der Waals surface area contributed by atoms with Crippen LogP contribution in [-0.4, -0.2) is 34.1 Å². The second-order valence-electron chi connectivity index (χ2n) is 7.32. The van der Waals surface area contributed by atoms with Gasteiger partial charge in [0.05, 0.1) is 6.20 Å². The number of rotatable bonds is 7. The average Bonchev–Trinajstić information content (AvgIpc) is 3.26. The van der Waals surface area contributed by atoms with Gasteiger partial charge >= 0.3 is 5.97 Å². The van der Waals surface area contributed by atoms with E-state index in [2.05, 4.69) is 63.7 Å². The number of piperidine rings is 1.